The van der Waals surface area contributed by atoms with E-state index in [1.54, 1.807) is 35.9 Å². The molecule has 122 valence electrons. The minimum Gasteiger partial charge on any atom is -0.459 e. The van der Waals surface area contributed by atoms with Gasteiger partial charge in [-0.25, -0.2) is 10.1 Å². The van der Waals surface area contributed by atoms with Crippen LogP contribution in [0.15, 0.2) is 52.2 Å². The molecule has 24 heavy (non-hydrogen) atoms. The molecule has 0 aliphatic rings. The van der Waals surface area contributed by atoms with Gasteiger partial charge in [-0.05, 0) is 37.3 Å². The molecular weight excluding hydrogens is 351 g/mol. The molecule has 3 aromatic rings. The number of furan rings is 1. The van der Waals surface area contributed by atoms with Crippen molar-refractivity contribution in [2.24, 2.45) is 5.10 Å². The van der Waals surface area contributed by atoms with Gasteiger partial charge in [0, 0.05) is 5.02 Å². The van der Waals surface area contributed by atoms with Crippen molar-refractivity contribution in [1.82, 2.24) is 15.2 Å². The van der Waals surface area contributed by atoms with Crippen molar-refractivity contribution in [3.8, 4) is 5.69 Å². The van der Waals surface area contributed by atoms with Gasteiger partial charge in [-0.2, -0.15) is 10.2 Å². The third-order valence-electron chi connectivity index (χ3n) is 3.21. The largest absolute Gasteiger partial charge is 0.459 e. The van der Waals surface area contributed by atoms with E-state index >= 15 is 0 Å². The topological polar surface area (TPSA) is 72.4 Å². The van der Waals surface area contributed by atoms with Gasteiger partial charge in [-0.1, -0.05) is 29.3 Å². The van der Waals surface area contributed by atoms with Gasteiger partial charge in [0.25, 0.3) is 0 Å². The molecule has 1 N–H and O–H groups in total. The number of carbonyl (C=O) groups excluding carboxylic acids is 1. The fourth-order valence-electron chi connectivity index (χ4n) is 2.06. The van der Waals surface area contributed by atoms with Gasteiger partial charge in [-0.3, -0.25) is 4.79 Å². The van der Waals surface area contributed by atoms with Crippen molar-refractivity contribution in [3.63, 3.8) is 0 Å². The molecule has 0 bridgehead atoms. The highest BCUT2D eigenvalue weighted by molar-refractivity contribution is 6.32. The summed E-state index contributed by atoms with van der Waals surface area (Å²) in [6.07, 6.45) is 2.85. The van der Waals surface area contributed by atoms with E-state index in [1.165, 1.54) is 12.5 Å². The fraction of sp³-hybridized carbons (Fsp3) is 0.0625. The quantitative estimate of drug-likeness (QED) is 0.565. The first kappa shape index (κ1) is 16.3. The summed E-state index contributed by atoms with van der Waals surface area (Å²) in [4.78, 5) is 11.7. The van der Waals surface area contributed by atoms with E-state index in [0.717, 1.165) is 5.69 Å². The molecule has 6 nitrogen and oxygen atoms in total. The zero-order valence-electron chi connectivity index (χ0n) is 12.5. The van der Waals surface area contributed by atoms with Crippen molar-refractivity contribution >= 4 is 35.3 Å². The molecule has 1 amide bonds. The standard InChI is InChI=1S/C16H12Cl2N4O2/c1-10-13(9-19-20-16(23)14-6-3-7-24-14)15(18)22(21-10)12-5-2-4-11(17)8-12/h2-9H,1H3,(H,20,23)/b19-9-. The van der Waals surface area contributed by atoms with Gasteiger partial charge in [0.1, 0.15) is 5.15 Å². The summed E-state index contributed by atoms with van der Waals surface area (Å²) in [5.41, 5.74) is 4.35. The Morgan fingerprint density at radius 2 is 2.17 bits per heavy atom. The number of nitrogens with zero attached hydrogens (tertiary/aromatic N) is 3. The lowest BCUT2D eigenvalue weighted by Gasteiger charge is -2.03. The smallest absolute Gasteiger partial charge is 0.307 e. The summed E-state index contributed by atoms with van der Waals surface area (Å²) in [7, 11) is 0. The van der Waals surface area contributed by atoms with Crippen LogP contribution in [0.5, 0.6) is 0 Å². The van der Waals surface area contributed by atoms with Crippen LogP contribution in [0.4, 0.5) is 0 Å². The second kappa shape index (κ2) is 6.90. The Kier molecular flexibility index (Phi) is 4.69. The van der Waals surface area contributed by atoms with Crippen molar-refractivity contribution in [2.45, 2.75) is 6.92 Å². The van der Waals surface area contributed by atoms with Gasteiger partial charge in [0.15, 0.2) is 5.76 Å². The molecule has 8 heteroatoms. The maximum atomic E-state index is 11.7. The summed E-state index contributed by atoms with van der Waals surface area (Å²) in [6.45, 7) is 1.79. The number of hydrogen-bond donors (Lipinski definition) is 1. The lowest BCUT2D eigenvalue weighted by Crippen LogP contribution is -2.16. The van der Waals surface area contributed by atoms with Crippen LogP contribution in [0.3, 0.4) is 0 Å². The van der Waals surface area contributed by atoms with Gasteiger partial charge >= 0.3 is 5.91 Å². The second-order valence-corrected chi connectivity index (χ2v) is 5.65. The normalized spacial score (nSPS) is 11.1. The average Bonchev–Trinajstić information content (AvgIpc) is 3.18. The minimum atomic E-state index is -0.452. The van der Waals surface area contributed by atoms with Gasteiger partial charge < -0.3 is 4.42 Å². The zero-order chi connectivity index (χ0) is 17.1. The SMILES string of the molecule is Cc1nn(-c2cccc(Cl)c2)c(Cl)c1/C=N\NC(=O)c1ccco1. The number of aromatic nitrogens is 2. The average molecular weight is 363 g/mol. The molecule has 0 saturated carbocycles. The minimum absolute atomic E-state index is 0.171. The summed E-state index contributed by atoms with van der Waals surface area (Å²) in [5, 5.41) is 9.22. The van der Waals surface area contributed by atoms with E-state index in [2.05, 4.69) is 15.6 Å². The van der Waals surface area contributed by atoms with Crippen molar-refractivity contribution < 1.29 is 9.21 Å². The third-order valence-corrected chi connectivity index (χ3v) is 3.80. The number of rotatable bonds is 4. The predicted molar refractivity (Wildman–Crippen MR) is 92.1 cm³/mol. The number of hydrogen-bond acceptors (Lipinski definition) is 4. The summed E-state index contributed by atoms with van der Waals surface area (Å²) < 4.78 is 6.53. The van der Waals surface area contributed by atoms with Crippen LogP contribution in [0, 0.1) is 6.92 Å². The first-order valence-electron chi connectivity index (χ1n) is 6.94. The Morgan fingerprint density at radius 1 is 1.33 bits per heavy atom. The van der Waals surface area contributed by atoms with Gasteiger partial charge in [0.05, 0.1) is 29.4 Å². The van der Waals surface area contributed by atoms with Crippen LogP contribution in [0.1, 0.15) is 21.8 Å². The van der Waals surface area contributed by atoms with Crippen molar-refractivity contribution in [3.05, 3.63) is 69.9 Å². The molecule has 3 rings (SSSR count). The molecule has 0 unspecified atom stereocenters. The Hall–Kier alpha value is -2.57. The number of nitrogens with one attached hydrogen (secondary N) is 1. The molecular formula is C16H12Cl2N4O2. The highest BCUT2D eigenvalue weighted by Crippen LogP contribution is 2.23. The second-order valence-electron chi connectivity index (χ2n) is 4.86. The summed E-state index contributed by atoms with van der Waals surface area (Å²) >= 11 is 12.4. The molecule has 2 aromatic heterocycles. The van der Waals surface area contributed by atoms with Gasteiger partial charge in [0.2, 0.25) is 0 Å². The van der Waals surface area contributed by atoms with E-state index in [1.807, 2.05) is 12.1 Å². The van der Waals surface area contributed by atoms with Crippen molar-refractivity contribution in [2.75, 3.05) is 0 Å². The number of aryl methyl sites for hydroxylation is 1. The molecule has 0 radical (unpaired) electrons. The highest BCUT2D eigenvalue weighted by atomic mass is 35.5. The molecule has 1 aromatic carbocycles. The predicted octanol–water partition coefficient (Wildman–Crippen LogP) is 3.84. The molecule has 2 heterocycles. The van der Waals surface area contributed by atoms with Crippen LogP contribution in [-0.4, -0.2) is 21.9 Å². The maximum Gasteiger partial charge on any atom is 0.307 e. The molecule has 0 spiro atoms. The Balaban J connectivity index is 1.82. The van der Waals surface area contributed by atoms with Crippen LogP contribution < -0.4 is 5.43 Å². The Labute approximate surface area is 147 Å². The molecule has 0 fully saturated rings. The van der Waals surface area contributed by atoms with E-state index in [0.29, 0.717) is 21.4 Å². The third kappa shape index (κ3) is 3.34. The van der Waals surface area contributed by atoms with E-state index in [4.69, 9.17) is 27.6 Å². The number of amides is 1. The summed E-state index contributed by atoms with van der Waals surface area (Å²) in [5.74, 6) is -0.281. The molecule has 0 atom stereocenters. The number of carbonyl (C=O) groups is 1. The number of halogens is 2. The fourth-order valence-corrected chi connectivity index (χ4v) is 2.56. The lowest BCUT2D eigenvalue weighted by atomic mass is 10.3. The summed E-state index contributed by atoms with van der Waals surface area (Å²) in [6, 6.07) is 10.3. The van der Waals surface area contributed by atoms with E-state index < -0.39 is 5.91 Å². The van der Waals surface area contributed by atoms with Crippen LogP contribution in [0.2, 0.25) is 10.2 Å². The first-order chi connectivity index (χ1) is 11.6. The van der Waals surface area contributed by atoms with Crippen LogP contribution in [0.25, 0.3) is 5.69 Å². The first-order valence-corrected chi connectivity index (χ1v) is 7.70. The van der Waals surface area contributed by atoms with Crippen LogP contribution >= 0.6 is 23.2 Å². The molecule has 0 saturated heterocycles. The Morgan fingerprint density at radius 3 is 2.88 bits per heavy atom. The lowest BCUT2D eigenvalue weighted by molar-refractivity contribution is 0.0927. The number of hydrazone groups is 1. The van der Waals surface area contributed by atoms with Gasteiger partial charge in [-0.15, -0.1) is 0 Å². The maximum absolute atomic E-state index is 11.7. The monoisotopic (exact) mass is 362 g/mol. The van der Waals surface area contributed by atoms with Crippen molar-refractivity contribution in [1.29, 1.82) is 0 Å². The number of benzene rings is 1. The molecule has 0 aliphatic carbocycles. The van der Waals surface area contributed by atoms with Crippen LogP contribution in [-0.2, 0) is 0 Å². The zero-order valence-corrected chi connectivity index (χ0v) is 14.0. The molecule has 0 aliphatic heterocycles. The Bertz CT molecular complexity index is 901. The highest BCUT2D eigenvalue weighted by Gasteiger charge is 2.14. The van der Waals surface area contributed by atoms with E-state index in [-0.39, 0.29) is 5.76 Å². The van der Waals surface area contributed by atoms with E-state index in [9.17, 15) is 4.79 Å².